The van der Waals surface area contributed by atoms with Crippen LogP contribution in [0.25, 0.3) is 0 Å². The highest BCUT2D eigenvalue weighted by Gasteiger charge is 2.42. The number of carbonyl (C=O) groups excluding carboxylic acids is 3. The second kappa shape index (κ2) is 6.72. The zero-order valence-electron chi connectivity index (χ0n) is 14.2. The van der Waals surface area contributed by atoms with Crippen LogP contribution in [0.1, 0.15) is 41.2 Å². The summed E-state index contributed by atoms with van der Waals surface area (Å²) in [5.74, 6) is -1.62. The molecule has 2 amide bonds. The Kier molecular flexibility index (Phi) is 4.63. The normalized spacial score (nSPS) is 14.6. The van der Waals surface area contributed by atoms with E-state index in [1.54, 1.807) is 19.1 Å². The number of carbonyl (C=O) groups is 3. The molecule has 0 radical (unpaired) electrons. The number of ketones is 1. The van der Waals surface area contributed by atoms with Crippen LogP contribution in [-0.2, 0) is 16.0 Å². The first-order valence-corrected chi connectivity index (χ1v) is 8.90. The Hall–Kier alpha value is -2.61. The molecule has 3 rings (SSSR count). The summed E-state index contributed by atoms with van der Waals surface area (Å²) in [6, 6.07) is 4.39. The maximum Gasteiger partial charge on any atom is 0.300 e. The number of amides is 2. The maximum absolute atomic E-state index is 12.7. The number of anilines is 2. The van der Waals surface area contributed by atoms with Gasteiger partial charge in [-0.3, -0.25) is 24.6 Å². The molecule has 0 saturated heterocycles. The molecule has 1 N–H and O–H groups in total. The van der Waals surface area contributed by atoms with Crippen LogP contribution in [-0.4, -0.2) is 33.8 Å². The number of nitrogens with one attached hydrogen (secondary N) is 1. The molecule has 0 spiro atoms. The van der Waals surface area contributed by atoms with E-state index < -0.39 is 17.7 Å². The van der Waals surface area contributed by atoms with E-state index in [-0.39, 0.29) is 5.91 Å². The van der Waals surface area contributed by atoms with Crippen molar-refractivity contribution in [3.63, 3.8) is 0 Å². The second-order valence-corrected chi connectivity index (χ2v) is 6.81. The maximum atomic E-state index is 12.7. The largest absolute Gasteiger partial charge is 0.300 e. The van der Waals surface area contributed by atoms with E-state index in [9.17, 15) is 14.4 Å². The van der Waals surface area contributed by atoms with Crippen LogP contribution in [0.2, 0.25) is 0 Å². The SMILES string of the molecule is CCc1nnc(NC(=O)C(CC)N2C(=O)C(=O)c3cccc(C)c32)s1. The Morgan fingerprint density at radius 2 is 2.04 bits per heavy atom. The highest BCUT2D eigenvalue weighted by atomic mass is 32.1. The van der Waals surface area contributed by atoms with E-state index in [0.29, 0.717) is 22.8 Å². The minimum atomic E-state index is -0.784. The van der Waals surface area contributed by atoms with E-state index in [0.717, 1.165) is 17.0 Å². The lowest BCUT2D eigenvalue weighted by Crippen LogP contribution is -2.46. The third-order valence-corrected chi connectivity index (χ3v) is 5.12. The zero-order chi connectivity index (χ0) is 18.1. The summed E-state index contributed by atoms with van der Waals surface area (Å²) in [4.78, 5) is 38.8. The first-order chi connectivity index (χ1) is 12.0. The van der Waals surface area contributed by atoms with Gasteiger partial charge in [-0.2, -0.15) is 0 Å². The Morgan fingerprint density at radius 3 is 2.68 bits per heavy atom. The summed E-state index contributed by atoms with van der Waals surface area (Å²) in [6.45, 7) is 5.58. The van der Waals surface area contributed by atoms with Crippen molar-refractivity contribution in [1.29, 1.82) is 0 Å². The number of hydrogen-bond acceptors (Lipinski definition) is 6. The van der Waals surface area contributed by atoms with Gasteiger partial charge < -0.3 is 0 Å². The van der Waals surface area contributed by atoms with Gasteiger partial charge in [-0.1, -0.05) is 37.3 Å². The molecule has 7 nitrogen and oxygen atoms in total. The molecule has 1 atom stereocenters. The van der Waals surface area contributed by atoms with Crippen molar-refractivity contribution in [2.24, 2.45) is 0 Å². The number of para-hydroxylation sites is 1. The standard InChI is InChI=1S/C17H18N4O3S/c1-4-11(15(23)18-17-20-19-12(5-2)25-17)21-13-9(3)7-6-8-10(13)14(22)16(21)24/h6-8,11H,4-5H2,1-3H3,(H,18,20,23). The highest BCUT2D eigenvalue weighted by Crippen LogP contribution is 2.34. The molecule has 1 aromatic heterocycles. The lowest BCUT2D eigenvalue weighted by atomic mass is 10.1. The van der Waals surface area contributed by atoms with Gasteiger partial charge in [0.25, 0.3) is 11.7 Å². The average Bonchev–Trinajstić information content (AvgIpc) is 3.15. The third-order valence-electron chi connectivity index (χ3n) is 4.14. The van der Waals surface area contributed by atoms with Crippen molar-refractivity contribution in [3.05, 3.63) is 34.3 Å². The van der Waals surface area contributed by atoms with Crippen molar-refractivity contribution in [3.8, 4) is 0 Å². The Balaban J connectivity index is 1.92. The quantitative estimate of drug-likeness (QED) is 0.828. The average molecular weight is 358 g/mol. The van der Waals surface area contributed by atoms with Gasteiger partial charge in [0, 0.05) is 0 Å². The summed E-state index contributed by atoms with van der Waals surface area (Å²) < 4.78 is 0. The smallest absolute Gasteiger partial charge is 0.299 e. The van der Waals surface area contributed by atoms with Crippen molar-refractivity contribution >= 4 is 39.8 Å². The highest BCUT2D eigenvalue weighted by molar-refractivity contribution is 7.15. The van der Waals surface area contributed by atoms with E-state index in [2.05, 4.69) is 15.5 Å². The van der Waals surface area contributed by atoms with Crippen LogP contribution in [0, 0.1) is 6.92 Å². The number of fused-ring (bicyclic) bond motifs is 1. The zero-order valence-corrected chi connectivity index (χ0v) is 15.0. The van der Waals surface area contributed by atoms with Crippen LogP contribution >= 0.6 is 11.3 Å². The van der Waals surface area contributed by atoms with E-state index >= 15 is 0 Å². The number of Topliss-reactive ketones (excluding diaryl/α,β-unsaturated/α-hetero) is 1. The molecule has 1 unspecified atom stereocenters. The van der Waals surface area contributed by atoms with Crippen molar-refractivity contribution in [2.45, 2.75) is 39.7 Å². The molecule has 1 aliphatic rings. The van der Waals surface area contributed by atoms with Crippen LogP contribution in [0.5, 0.6) is 0 Å². The monoisotopic (exact) mass is 358 g/mol. The number of hydrogen-bond donors (Lipinski definition) is 1. The number of rotatable bonds is 5. The topological polar surface area (TPSA) is 92.3 Å². The van der Waals surface area contributed by atoms with Crippen molar-refractivity contribution in [1.82, 2.24) is 10.2 Å². The van der Waals surface area contributed by atoms with Crippen molar-refractivity contribution in [2.75, 3.05) is 10.2 Å². The number of aryl methyl sites for hydroxylation is 2. The molecular formula is C17H18N4O3S. The van der Waals surface area contributed by atoms with Gasteiger partial charge in [0.15, 0.2) is 0 Å². The molecule has 0 aliphatic carbocycles. The fourth-order valence-electron chi connectivity index (χ4n) is 2.91. The molecular weight excluding hydrogens is 340 g/mol. The van der Waals surface area contributed by atoms with Crippen LogP contribution in [0.4, 0.5) is 10.8 Å². The molecule has 25 heavy (non-hydrogen) atoms. The van der Waals surface area contributed by atoms with Crippen LogP contribution in [0.15, 0.2) is 18.2 Å². The van der Waals surface area contributed by atoms with Crippen LogP contribution in [0.3, 0.4) is 0 Å². The van der Waals surface area contributed by atoms with Crippen LogP contribution < -0.4 is 10.2 Å². The summed E-state index contributed by atoms with van der Waals surface area (Å²) in [7, 11) is 0. The van der Waals surface area contributed by atoms with Gasteiger partial charge in [0.05, 0.1) is 11.3 Å². The van der Waals surface area contributed by atoms with Gasteiger partial charge >= 0.3 is 0 Å². The van der Waals surface area contributed by atoms with Gasteiger partial charge in [-0.25, -0.2) is 0 Å². The molecule has 0 fully saturated rings. The first-order valence-electron chi connectivity index (χ1n) is 8.08. The van der Waals surface area contributed by atoms with Gasteiger partial charge in [0.2, 0.25) is 11.0 Å². The fraction of sp³-hybridized carbons (Fsp3) is 0.353. The minimum absolute atomic E-state index is 0.348. The first kappa shape index (κ1) is 17.2. The molecule has 8 heteroatoms. The molecule has 0 saturated carbocycles. The predicted octanol–water partition coefficient (Wildman–Crippen LogP) is 2.36. The fourth-order valence-corrected chi connectivity index (χ4v) is 3.59. The Bertz CT molecular complexity index is 861. The lowest BCUT2D eigenvalue weighted by molar-refractivity contribution is -0.121. The second-order valence-electron chi connectivity index (χ2n) is 5.74. The molecule has 1 aromatic carbocycles. The van der Waals surface area contributed by atoms with E-state index in [1.807, 2.05) is 19.9 Å². The summed E-state index contributed by atoms with van der Waals surface area (Å²) in [5, 5.41) is 11.8. The van der Waals surface area contributed by atoms with Gasteiger partial charge in [-0.05, 0) is 31.4 Å². The minimum Gasteiger partial charge on any atom is -0.299 e. The molecule has 0 bridgehead atoms. The number of benzene rings is 1. The Labute approximate surface area is 149 Å². The molecule has 2 aromatic rings. The molecule has 130 valence electrons. The third kappa shape index (κ3) is 2.93. The Morgan fingerprint density at radius 1 is 1.28 bits per heavy atom. The lowest BCUT2D eigenvalue weighted by Gasteiger charge is -2.26. The summed E-state index contributed by atoms with van der Waals surface area (Å²) in [5.41, 5.74) is 1.65. The van der Waals surface area contributed by atoms with Crippen molar-refractivity contribution < 1.29 is 14.4 Å². The molecule has 2 heterocycles. The predicted molar refractivity (Wildman–Crippen MR) is 95.0 cm³/mol. The van der Waals surface area contributed by atoms with E-state index in [4.69, 9.17) is 0 Å². The number of aromatic nitrogens is 2. The number of nitrogens with zero attached hydrogens (tertiary/aromatic N) is 3. The summed E-state index contributed by atoms with van der Waals surface area (Å²) >= 11 is 1.30. The van der Waals surface area contributed by atoms with E-state index in [1.165, 1.54) is 16.2 Å². The summed E-state index contributed by atoms with van der Waals surface area (Å²) in [6.07, 6.45) is 1.11. The molecule has 1 aliphatic heterocycles. The van der Waals surface area contributed by atoms with Gasteiger partial charge in [-0.15, -0.1) is 10.2 Å². The van der Waals surface area contributed by atoms with Gasteiger partial charge in [0.1, 0.15) is 11.0 Å².